The molecule has 1 atom stereocenters. The molecule has 1 aromatic carbocycles. The third kappa shape index (κ3) is 2.14. The maximum Gasteiger partial charge on any atom is 0.108 e. The number of hydrogen-bond acceptors (Lipinski definition) is 2. The summed E-state index contributed by atoms with van der Waals surface area (Å²) < 4.78 is 0. The molecule has 2 nitrogen and oxygen atoms in total. The van der Waals surface area contributed by atoms with E-state index in [0.717, 1.165) is 5.56 Å². The first-order valence-corrected chi connectivity index (χ1v) is 5.09. The Morgan fingerprint density at radius 2 is 1.64 bits per heavy atom. The van der Waals surface area contributed by atoms with E-state index in [1.54, 1.807) is 0 Å². The summed E-state index contributed by atoms with van der Waals surface area (Å²) in [5.41, 5.74) is -0.222. The van der Waals surface area contributed by atoms with Crippen molar-refractivity contribution in [1.82, 2.24) is 0 Å². The van der Waals surface area contributed by atoms with Crippen LogP contribution in [0.3, 0.4) is 0 Å². The molecule has 14 heavy (non-hydrogen) atoms. The predicted octanol–water partition coefficient (Wildman–Crippen LogP) is 2.27. The Morgan fingerprint density at radius 1 is 1.14 bits per heavy atom. The summed E-state index contributed by atoms with van der Waals surface area (Å²) in [4.78, 5) is 0. The topological polar surface area (TPSA) is 40.5 Å². The molecule has 0 heterocycles. The van der Waals surface area contributed by atoms with E-state index in [4.69, 9.17) is 0 Å². The average molecular weight is 194 g/mol. The summed E-state index contributed by atoms with van der Waals surface area (Å²) in [7, 11) is 0. The molecule has 0 radical (unpaired) electrons. The Labute approximate surface area is 85.2 Å². The van der Waals surface area contributed by atoms with Crippen LogP contribution in [0.5, 0.6) is 0 Å². The van der Waals surface area contributed by atoms with E-state index >= 15 is 0 Å². The van der Waals surface area contributed by atoms with E-state index in [1.807, 2.05) is 44.2 Å². The number of aliphatic hydroxyl groups excluding tert-OH is 1. The van der Waals surface area contributed by atoms with Crippen LogP contribution in [0.2, 0.25) is 0 Å². The molecule has 0 unspecified atom stereocenters. The quantitative estimate of drug-likeness (QED) is 0.772. The lowest BCUT2D eigenvalue weighted by Crippen LogP contribution is -2.34. The van der Waals surface area contributed by atoms with Crippen LogP contribution >= 0.6 is 0 Å². The fourth-order valence-corrected chi connectivity index (χ4v) is 1.58. The molecule has 2 heteroatoms. The summed E-state index contributed by atoms with van der Waals surface area (Å²) in [6, 6.07) is 9.30. The van der Waals surface area contributed by atoms with Gasteiger partial charge in [0, 0.05) is 0 Å². The zero-order chi connectivity index (χ0) is 10.6. The fourth-order valence-electron chi connectivity index (χ4n) is 1.58. The van der Waals surface area contributed by atoms with Crippen molar-refractivity contribution < 1.29 is 10.2 Å². The average Bonchev–Trinajstić information content (AvgIpc) is 2.28. The molecule has 1 rings (SSSR count). The Morgan fingerprint density at radius 3 is 2.07 bits per heavy atom. The normalized spacial score (nSPS) is 14.0. The Bertz CT molecular complexity index is 265. The van der Waals surface area contributed by atoms with Crippen LogP contribution in [0.4, 0.5) is 0 Å². The largest absolute Gasteiger partial charge is 0.387 e. The van der Waals surface area contributed by atoms with Crippen molar-refractivity contribution in [2.45, 2.75) is 38.4 Å². The highest BCUT2D eigenvalue weighted by Gasteiger charge is 2.32. The van der Waals surface area contributed by atoms with E-state index in [-0.39, 0.29) is 0 Å². The second-order valence-electron chi connectivity index (χ2n) is 3.62. The fraction of sp³-hybridized carbons (Fsp3) is 0.500. The Hall–Kier alpha value is -0.860. The van der Waals surface area contributed by atoms with E-state index in [1.165, 1.54) is 0 Å². The maximum atomic E-state index is 10.1. The van der Waals surface area contributed by atoms with E-state index in [2.05, 4.69) is 0 Å². The third-order valence-electron chi connectivity index (χ3n) is 2.85. The summed E-state index contributed by atoms with van der Waals surface area (Å²) in [6.45, 7) is 3.77. The second-order valence-corrected chi connectivity index (χ2v) is 3.62. The zero-order valence-electron chi connectivity index (χ0n) is 8.77. The Balaban J connectivity index is 2.89. The molecule has 78 valence electrons. The smallest absolute Gasteiger partial charge is 0.108 e. The predicted molar refractivity (Wildman–Crippen MR) is 56.9 cm³/mol. The van der Waals surface area contributed by atoms with E-state index < -0.39 is 11.7 Å². The molecule has 0 amide bonds. The van der Waals surface area contributed by atoms with Gasteiger partial charge in [-0.05, 0) is 18.4 Å². The van der Waals surface area contributed by atoms with Gasteiger partial charge in [-0.15, -0.1) is 0 Å². The summed E-state index contributed by atoms with van der Waals surface area (Å²) in [5.74, 6) is 0. The van der Waals surface area contributed by atoms with Crippen molar-refractivity contribution in [3.8, 4) is 0 Å². The van der Waals surface area contributed by atoms with Crippen LogP contribution in [0.25, 0.3) is 0 Å². The molecule has 0 aliphatic heterocycles. The molecule has 0 fully saturated rings. The van der Waals surface area contributed by atoms with Gasteiger partial charge in [-0.2, -0.15) is 0 Å². The standard InChI is InChI=1S/C12H18O2/c1-3-12(14,4-2)11(13)10-8-6-5-7-9-10/h5-9,11,13-14H,3-4H2,1-2H3/t11-/m0/s1. The monoisotopic (exact) mass is 194 g/mol. The third-order valence-corrected chi connectivity index (χ3v) is 2.85. The highest BCUT2D eigenvalue weighted by Crippen LogP contribution is 2.31. The number of benzene rings is 1. The molecule has 0 bridgehead atoms. The van der Waals surface area contributed by atoms with Gasteiger partial charge >= 0.3 is 0 Å². The lowest BCUT2D eigenvalue weighted by atomic mass is 9.86. The zero-order valence-corrected chi connectivity index (χ0v) is 8.77. The van der Waals surface area contributed by atoms with Crippen molar-refractivity contribution in [2.75, 3.05) is 0 Å². The molecule has 1 aromatic rings. The first-order chi connectivity index (χ1) is 6.64. The van der Waals surface area contributed by atoms with E-state index in [9.17, 15) is 10.2 Å². The van der Waals surface area contributed by atoms with Crippen molar-refractivity contribution in [2.24, 2.45) is 0 Å². The highest BCUT2D eigenvalue weighted by molar-refractivity contribution is 5.20. The summed E-state index contributed by atoms with van der Waals surface area (Å²) in [5, 5.41) is 20.1. The van der Waals surface area contributed by atoms with Crippen molar-refractivity contribution in [3.63, 3.8) is 0 Å². The first-order valence-electron chi connectivity index (χ1n) is 5.09. The van der Waals surface area contributed by atoms with Crippen LogP contribution in [-0.4, -0.2) is 15.8 Å². The van der Waals surface area contributed by atoms with Crippen molar-refractivity contribution in [1.29, 1.82) is 0 Å². The van der Waals surface area contributed by atoms with Gasteiger partial charge in [-0.25, -0.2) is 0 Å². The van der Waals surface area contributed by atoms with Gasteiger partial charge in [0.1, 0.15) is 6.10 Å². The van der Waals surface area contributed by atoms with Crippen molar-refractivity contribution >= 4 is 0 Å². The molecule has 0 aliphatic carbocycles. The summed E-state index contributed by atoms with van der Waals surface area (Å²) >= 11 is 0. The van der Waals surface area contributed by atoms with Crippen LogP contribution in [0.15, 0.2) is 30.3 Å². The lowest BCUT2D eigenvalue weighted by Gasteiger charge is -2.31. The molecule has 0 saturated heterocycles. The number of aliphatic hydroxyl groups is 2. The molecule has 0 spiro atoms. The summed E-state index contributed by atoms with van der Waals surface area (Å²) in [6.07, 6.45) is 0.317. The lowest BCUT2D eigenvalue weighted by molar-refractivity contribution is -0.0820. The van der Waals surface area contributed by atoms with Crippen LogP contribution in [-0.2, 0) is 0 Å². The van der Waals surface area contributed by atoms with Crippen LogP contribution < -0.4 is 0 Å². The van der Waals surface area contributed by atoms with Gasteiger partial charge in [-0.1, -0.05) is 44.2 Å². The minimum Gasteiger partial charge on any atom is -0.387 e. The minimum absolute atomic E-state index is 0.555. The van der Waals surface area contributed by atoms with Gasteiger partial charge in [0.25, 0.3) is 0 Å². The Kier molecular flexibility index (Phi) is 3.67. The molecule has 0 aromatic heterocycles. The van der Waals surface area contributed by atoms with Gasteiger partial charge in [0.05, 0.1) is 5.60 Å². The van der Waals surface area contributed by atoms with Gasteiger partial charge in [-0.3, -0.25) is 0 Å². The molecule has 0 aliphatic rings. The minimum atomic E-state index is -0.999. The molecular weight excluding hydrogens is 176 g/mol. The first kappa shape index (κ1) is 11.2. The molecular formula is C12H18O2. The van der Waals surface area contributed by atoms with Crippen LogP contribution in [0, 0.1) is 0 Å². The second kappa shape index (κ2) is 4.58. The van der Waals surface area contributed by atoms with Crippen LogP contribution in [0.1, 0.15) is 38.4 Å². The number of hydrogen-bond donors (Lipinski definition) is 2. The highest BCUT2D eigenvalue weighted by atomic mass is 16.3. The van der Waals surface area contributed by atoms with Gasteiger partial charge in [0.15, 0.2) is 0 Å². The molecule has 2 N–H and O–H groups in total. The van der Waals surface area contributed by atoms with E-state index in [0.29, 0.717) is 12.8 Å². The van der Waals surface area contributed by atoms with Gasteiger partial charge in [0.2, 0.25) is 0 Å². The number of rotatable bonds is 4. The molecule has 0 saturated carbocycles. The SMILES string of the molecule is CCC(O)(CC)[C@@H](O)c1ccccc1. The maximum absolute atomic E-state index is 10.1. The van der Waals surface area contributed by atoms with Crippen molar-refractivity contribution in [3.05, 3.63) is 35.9 Å². The van der Waals surface area contributed by atoms with Gasteiger partial charge < -0.3 is 10.2 Å².